The Morgan fingerprint density at radius 2 is 2.04 bits per heavy atom. The molecule has 1 unspecified atom stereocenters. The topological polar surface area (TPSA) is 63.4 Å². The molecule has 138 valence electrons. The van der Waals surface area contributed by atoms with Gasteiger partial charge in [-0.15, -0.1) is 0 Å². The van der Waals surface area contributed by atoms with E-state index in [2.05, 4.69) is 33.3 Å². The van der Waals surface area contributed by atoms with E-state index in [1.807, 2.05) is 22.4 Å². The predicted octanol–water partition coefficient (Wildman–Crippen LogP) is 2.94. The van der Waals surface area contributed by atoms with Crippen LogP contribution < -0.4 is 0 Å². The van der Waals surface area contributed by atoms with Crippen molar-refractivity contribution in [3.8, 4) is 0 Å². The third-order valence-electron chi connectivity index (χ3n) is 5.88. The van der Waals surface area contributed by atoms with E-state index in [4.69, 9.17) is 0 Å². The number of amides is 1. The minimum Gasteiger partial charge on any atom is -0.338 e. The second kappa shape index (κ2) is 6.44. The number of hydrogen-bond donors (Lipinski definition) is 0. The number of rotatable bonds is 2. The second-order valence-electron chi connectivity index (χ2n) is 7.72. The van der Waals surface area contributed by atoms with Crippen LogP contribution in [-0.4, -0.2) is 43.5 Å². The third kappa shape index (κ3) is 2.89. The zero-order valence-electron chi connectivity index (χ0n) is 15.6. The number of aryl methyl sites for hydroxylation is 3. The van der Waals surface area contributed by atoms with Crippen molar-refractivity contribution < 1.29 is 4.79 Å². The number of hydrogen-bond acceptors (Lipinski definition) is 4. The molecule has 1 aliphatic heterocycles. The zero-order valence-corrected chi connectivity index (χ0v) is 15.6. The van der Waals surface area contributed by atoms with E-state index in [0.717, 1.165) is 49.2 Å². The van der Waals surface area contributed by atoms with Crippen LogP contribution in [0.3, 0.4) is 0 Å². The molecule has 3 heterocycles. The fraction of sp³-hybridized carbons (Fsp3) is 0.429. The number of fused-ring (bicyclic) bond motifs is 2. The van der Waals surface area contributed by atoms with Gasteiger partial charge in [-0.05, 0) is 68.4 Å². The van der Waals surface area contributed by atoms with Crippen LogP contribution in [0.4, 0.5) is 0 Å². The van der Waals surface area contributed by atoms with Crippen LogP contribution in [0.2, 0.25) is 0 Å². The Labute approximate surface area is 158 Å². The second-order valence-corrected chi connectivity index (χ2v) is 7.72. The van der Waals surface area contributed by atoms with Gasteiger partial charge in [0.1, 0.15) is 6.33 Å². The minimum atomic E-state index is 0.148. The van der Waals surface area contributed by atoms with Crippen LogP contribution >= 0.6 is 0 Å². The van der Waals surface area contributed by atoms with Gasteiger partial charge in [-0.1, -0.05) is 6.07 Å². The first-order valence-corrected chi connectivity index (χ1v) is 9.77. The highest BCUT2D eigenvalue weighted by atomic mass is 16.2. The maximum atomic E-state index is 13.1. The van der Waals surface area contributed by atoms with Crippen molar-refractivity contribution in [3.05, 3.63) is 58.7 Å². The summed E-state index contributed by atoms with van der Waals surface area (Å²) in [6, 6.07) is 8.33. The van der Waals surface area contributed by atoms with Gasteiger partial charge in [0, 0.05) is 30.3 Å². The first-order valence-electron chi connectivity index (χ1n) is 9.77. The van der Waals surface area contributed by atoms with Crippen LogP contribution in [-0.2, 0) is 12.8 Å². The number of benzene rings is 1. The van der Waals surface area contributed by atoms with Crippen molar-refractivity contribution in [1.29, 1.82) is 0 Å². The van der Waals surface area contributed by atoms with Crippen LogP contribution in [0, 0.1) is 6.92 Å². The third-order valence-corrected chi connectivity index (χ3v) is 5.88. The Morgan fingerprint density at radius 3 is 2.96 bits per heavy atom. The van der Waals surface area contributed by atoms with Crippen molar-refractivity contribution in [2.24, 2.45) is 0 Å². The summed E-state index contributed by atoms with van der Waals surface area (Å²) >= 11 is 0. The molecule has 5 rings (SSSR count). The van der Waals surface area contributed by atoms with E-state index in [1.54, 1.807) is 6.33 Å². The molecule has 0 bridgehead atoms. The largest absolute Gasteiger partial charge is 0.338 e. The summed E-state index contributed by atoms with van der Waals surface area (Å²) in [5.41, 5.74) is 5.62. The SMILES string of the molecule is Cc1cc(C2CCCN(C(=O)c3ccc4c(c3)CCC4)C2)n2ncnc2n1. The minimum absolute atomic E-state index is 0.148. The maximum Gasteiger partial charge on any atom is 0.253 e. The maximum absolute atomic E-state index is 13.1. The molecule has 6 nitrogen and oxygen atoms in total. The van der Waals surface area contributed by atoms with E-state index >= 15 is 0 Å². The Hall–Kier alpha value is -2.76. The summed E-state index contributed by atoms with van der Waals surface area (Å²) in [5.74, 6) is 1.03. The van der Waals surface area contributed by atoms with E-state index in [1.165, 1.54) is 17.5 Å². The highest BCUT2D eigenvalue weighted by Crippen LogP contribution is 2.29. The van der Waals surface area contributed by atoms with Gasteiger partial charge < -0.3 is 4.90 Å². The van der Waals surface area contributed by atoms with E-state index in [9.17, 15) is 4.79 Å². The zero-order chi connectivity index (χ0) is 18.4. The molecule has 1 amide bonds. The van der Waals surface area contributed by atoms with E-state index < -0.39 is 0 Å². The van der Waals surface area contributed by atoms with Crippen molar-refractivity contribution in [3.63, 3.8) is 0 Å². The number of nitrogens with zero attached hydrogens (tertiary/aromatic N) is 5. The molecule has 0 radical (unpaired) electrons. The van der Waals surface area contributed by atoms with Gasteiger partial charge in [-0.3, -0.25) is 4.79 Å². The summed E-state index contributed by atoms with van der Waals surface area (Å²) in [6.07, 6.45) is 7.03. The quantitative estimate of drug-likeness (QED) is 0.704. The molecule has 1 aliphatic carbocycles. The molecule has 1 atom stereocenters. The molecule has 2 aliphatic rings. The molecule has 1 saturated heterocycles. The van der Waals surface area contributed by atoms with Crippen molar-refractivity contribution >= 4 is 11.7 Å². The van der Waals surface area contributed by atoms with Gasteiger partial charge in [0.2, 0.25) is 0 Å². The summed E-state index contributed by atoms with van der Waals surface area (Å²) < 4.78 is 1.82. The molecule has 3 aromatic rings. The Morgan fingerprint density at radius 1 is 1.15 bits per heavy atom. The molecule has 0 spiro atoms. The summed E-state index contributed by atoms with van der Waals surface area (Å²) in [7, 11) is 0. The number of carbonyl (C=O) groups is 1. The first kappa shape index (κ1) is 16.4. The molecular formula is C21H23N5O. The van der Waals surface area contributed by atoms with Gasteiger partial charge in [0.05, 0.1) is 5.69 Å². The lowest BCUT2D eigenvalue weighted by molar-refractivity contribution is 0.0705. The normalized spacial score (nSPS) is 19.4. The smallest absolute Gasteiger partial charge is 0.253 e. The average molecular weight is 361 g/mol. The monoisotopic (exact) mass is 361 g/mol. The number of aromatic nitrogens is 4. The van der Waals surface area contributed by atoms with Gasteiger partial charge in [0.15, 0.2) is 0 Å². The Bertz CT molecular complexity index is 1020. The highest BCUT2D eigenvalue weighted by Gasteiger charge is 2.28. The lowest BCUT2D eigenvalue weighted by Crippen LogP contribution is -2.39. The Kier molecular flexibility index (Phi) is 3.92. The van der Waals surface area contributed by atoms with Crippen molar-refractivity contribution in [2.75, 3.05) is 13.1 Å². The molecule has 2 aromatic heterocycles. The molecule has 0 N–H and O–H groups in total. The van der Waals surface area contributed by atoms with Gasteiger partial charge >= 0.3 is 0 Å². The standard InChI is InChI=1S/C21H23N5O/c1-14-10-19(26-21(24-14)22-13-23-26)18-6-3-9-25(12-18)20(27)17-8-7-15-4-2-5-16(15)11-17/h7-8,10-11,13,18H,2-6,9,12H2,1H3. The average Bonchev–Trinajstić information content (AvgIpc) is 3.35. The highest BCUT2D eigenvalue weighted by molar-refractivity contribution is 5.94. The molecule has 1 aromatic carbocycles. The van der Waals surface area contributed by atoms with Crippen LogP contribution in [0.1, 0.15) is 58.1 Å². The molecule has 27 heavy (non-hydrogen) atoms. The lowest BCUT2D eigenvalue weighted by atomic mass is 9.93. The molecule has 0 saturated carbocycles. The Balaban J connectivity index is 1.42. The molecular weight excluding hydrogens is 338 g/mol. The van der Waals surface area contributed by atoms with Crippen LogP contribution in [0.15, 0.2) is 30.6 Å². The van der Waals surface area contributed by atoms with Crippen molar-refractivity contribution in [2.45, 2.75) is 44.9 Å². The fourth-order valence-corrected chi connectivity index (χ4v) is 4.54. The van der Waals surface area contributed by atoms with Crippen LogP contribution in [0.25, 0.3) is 5.78 Å². The predicted molar refractivity (Wildman–Crippen MR) is 102 cm³/mol. The van der Waals surface area contributed by atoms with E-state index in [-0.39, 0.29) is 11.8 Å². The number of likely N-dealkylation sites (tertiary alicyclic amines) is 1. The number of carbonyl (C=O) groups excluding carboxylic acids is 1. The first-order chi connectivity index (χ1) is 13.2. The lowest BCUT2D eigenvalue weighted by Gasteiger charge is -2.33. The number of piperidine rings is 1. The van der Waals surface area contributed by atoms with Gasteiger partial charge in [0.25, 0.3) is 11.7 Å². The van der Waals surface area contributed by atoms with Crippen LogP contribution in [0.5, 0.6) is 0 Å². The van der Waals surface area contributed by atoms with Gasteiger partial charge in [-0.25, -0.2) is 9.50 Å². The van der Waals surface area contributed by atoms with Crippen molar-refractivity contribution in [1.82, 2.24) is 24.5 Å². The van der Waals surface area contributed by atoms with Gasteiger partial charge in [-0.2, -0.15) is 10.1 Å². The molecule has 1 fully saturated rings. The fourth-order valence-electron chi connectivity index (χ4n) is 4.54. The molecule has 6 heteroatoms. The summed E-state index contributed by atoms with van der Waals surface area (Å²) in [5, 5.41) is 4.34. The van der Waals surface area contributed by atoms with E-state index in [0.29, 0.717) is 12.3 Å². The summed E-state index contributed by atoms with van der Waals surface area (Å²) in [6.45, 7) is 3.51. The summed E-state index contributed by atoms with van der Waals surface area (Å²) in [4.78, 5) is 23.8.